The Balaban J connectivity index is 1.75. The second kappa shape index (κ2) is 9.20. The quantitative estimate of drug-likeness (QED) is 0.588. The highest BCUT2D eigenvalue weighted by molar-refractivity contribution is 6.30. The van der Waals surface area contributed by atoms with Gasteiger partial charge in [-0.05, 0) is 55.8 Å². The molecule has 0 bridgehead atoms. The molecule has 0 atom stereocenters. The van der Waals surface area contributed by atoms with E-state index in [-0.39, 0.29) is 0 Å². The number of aromatic nitrogens is 2. The molecule has 0 saturated heterocycles. The zero-order valence-electron chi connectivity index (χ0n) is 17.4. The van der Waals surface area contributed by atoms with Crippen LogP contribution in [-0.4, -0.2) is 31.1 Å². The molecule has 0 radical (unpaired) electrons. The van der Waals surface area contributed by atoms with E-state index >= 15 is 0 Å². The number of halogens is 1. The van der Waals surface area contributed by atoms with Gasteiger partial charge in [-0.15, -0.1) is 0 Å². The summed E-state index contributed by atoms with van der Waals surface area (Å²) in [4.78, 5) is 0. The van der Waals surface area contributed by atoms with Crippen molar-refractivity contribution < 1.29 is 14.2 Å². The first-order chi connectivity index (χ1) is 14.0. The van der Waals surface area contributed by atoms with Crippen molar-refractivity contribution in [2.75, 3.05) is 21.3 Å². The average molecular weight is 416 g/mol. The molecule has 1 aromatic heterocycles. The van der Waals surface area contributed by atoms with E-state index in [9.17, 15) is 0 Å². The van der Waals surface area contributed by atoms with Crippen LogP contribution in [0.15, 0.2) is 36.4 Å². The molecule has 3 aromatic rings. The highest BCUT2D eigenvalue weighted by Gasteiger charge is 2.15. The lowest BCUT2D eigenvalue weighted by Gasteiger charge is -2.14. The minimum Gasteiger partial charge on any atom is -0.493 e. The Bertz CT molecular complexity index is 959. The van der Waals surface area contributed by atoms with Crippen LogP contribution in [0, 0.1) is 13.8 Å². The zero-order valence-corrected chi connectivity index (χ0v) is 18.1. The maximum atomic E-state index is 6.00. The van der Waals surface area contributed by atoms with Crippen LogP contribution < -0.4 is 19.5 Å². The smallest absolute Gasteiger partial charge is 0.203 e. The van der Waals surface area contributed by atoms with Crippen LogP contribution in [0.1, 0.15) is 22.5 Å². The van der Waals surface area contributed by atoms with Gasteiger partial charge in [0.25, 0.3) is 0 Å². The minimum absolute atomic E-state index is 0.592. The molecule has 1 heterocycles. The summed E-state index contributed by atoms with van der Waals surface area (Å²) in [6.07, 6.45) is 0. The van der Waals surface area contributed by atoms with E-state index < -0.39 is 0 Å². The molecule has 0 aliphatic rings. The van der Waals surface area contributed by atoms with Crippen molar-refractivity contribution in [3.8, 4) is 22.9 Å². The lowest BCUT2D eigenvalue weighted by atomic mass is 10.1. The third-order valence-corrected chi connectivity index (χ3v) is 5.12. The van der Waals surface area contributed by atoms with Crippen LogP contribution in [0.4, 0.5) is 0 Å². The SMILES string of the molecule is COc1cc(CNCc2c(C)nn(-c3ccc(Cl)cc3)c2C)cc(OC)c1OC. The van der Waals surface area contributed by atoms with E-state index in [1.807, 2.05) is 48.0 Å². The van der Waals surface area contributed by atoms with E-state index in [2.05, 4.69) is 12.2 Å². The van der Waals surface area contributed by atoms with Crippen molar-refractivity contribution in [2.45, 2.75) is 26.9 Å². The average Bonchev–Trinajstić information content (AvgIpc) is 3.01. The molecule has 2 aromatic carbocycles. The fourth-order valence-electron chi connectivity index (χ4n) is 3.33. The Morgan fingerprint density at radius 3 is 2.10 bits per heavy atom. The van der Waals surface area contributed by atoms with Gasteiger partial charge < -0.3 is 19.5 Å². The lowest BCUT2D eigenvalue weighted by molar-refractivity contribution is 0.323. The van der Waals surface area contributed by atoms with E-state index in [1.54, 1.807) is 21.3 Å². The van der Waals surface area contributed by atoms with Gasteiger partial charge >= 0.3 is 0 Å². The molecule has 7 heteroatoms. The minimum atomic E-state index is 0.592. The second-order valence-corrected chi connectivity index (χ2v) is 7.11. The Labute approximate surface area is 176 Å². The summed E-state index contributed by atoms with van der Waals surface area (Å²) in [6.45, 7) is 5.45. The number of nitrogens with zero attached hydrogens (tertiary/aromatic N) is 2. The van der Waals surface area contributed by atoms with Crippen LogP contribution >= 0.6 is 11.6 Å². The van der Waals surface area contributed by atoms with E-state index in [4.69, 9.17) is 30.9 Å². The molecule has 0 aliphatic heterocycles. The molecule has 154 valence electrons. The highest BCUT2D eigenvalue weighted by Crippen LogP contribution is 2.38. The van der Waals surface area contributed by atoms with E-state index in [1.165, 1.54) is 5.56 Å². The number of aryl methyl sites for hydroxylation is 1. The maximum Gasteiger partial charge on any atom is 0.203 e. The molecule has 3 rings (SSSR count). The van der Waals surface area contributed by atoms with Gasteiger partial charge in [0.15, 0.2) is 11.5 Å². The molecule has 1 N–H and O–H groups in total. The topological polar surface area (TPSA) is 57.5 Å². The molecule has 6 nitrogen and oxygen atoms in total. The normalized spacial score (nSPS) is 10.8. The van der Waals surface area contributed by atoms with Crippen LogP contribution in [-0.2, 0) is 13.1 Å². The first kappa shape index (κ1) is 21.0. The number of hydrogen-bond donors (Lipinski definition) is 1. The van der Waals surface area contributed by atoms with Gasteiger partial charge in [-0.2, -0.15) is 5.10 Å². The fraction of sp³-hybridized carbons (Fsp3) is 0.318. The van der Waals surface area contributed by atoms with Crippen molar-refractivity contribution in [1.82, 2.24) is 15.1 Å². The van der Waals surface area contributed by atoms with E-state index in [0.717, 1.165) is 22.6 Å². The fourth-order valence-corrected chi connectivity index (χ4v) is 3.46. The summed E-state index contributed by atoms with van der Waals surface area (Å²) in [5, 5.41) is 8.89. The van der Waals surface area contributed by atoms with Gasteiger partial charge in [0, 0.05) is 29.4 Å². The molecule has 0 spiro atoms. The predicted octanol–water partition coefficient (Wildman–Crippen LogP) is 4.46. The zero-order chi connectivity index (χ0) is 21.0. The molecule has 0 saturated carbocycles. The van der Waals surface area contributed by atoms with Crippen LogP contribution in [0.5, 0.6) is 17.2 Å². The Kier molecular flexibility index (Phi) is 6.67. The maximum absolute atomic E-state index is 6.00. The van der Waals surface area contributed by atoms with Crippen LogP contribution in [0.3, 0.4) is 0 Å². The van der Waals surface area contributed by atoms with Crippen LogP contribution in [0.2, 0.25) is 5.02 Å². The Morgan fingerprint density at radius 1 is 0.931 bits per heavy atom. The van der Waals surface area contributed by atoms with Crippen molar-refractivity contribution in [3.05, 3.63) is 63.9 Å². The second-order valence-electron chi connectivity index (χ2n) is 6.67. The van der Waals surface area contributed by atoms with Gasteiger partial charge in [0.05, 0.1) is 32.7 Å². The molecule has 0 unspecified atom stereocenters. The summed E-state index contributed by atoms with van der Waals surface area (Å²) >= 11 is 6.00. The molecular weight excluding hydrogens is 390 g/mol. The Hall–Kier alpha value is -2.70. The van der Waals surface area contributed by atoms with Gasteiger partial charge in [-0.25, -0.2) is 4.68 Å². The molecule has 0 fully saturated rings. The predicted molar refractivity (Wildman–Crippen MR) is 115 cm³/mol. The monoisotopic (exact) mass is 415 g/mol. The van der Waals surface area contributed by atoms with Crippen molar-refractivity contribution >= 4 is 11.6 Å². The first-order valence-corrected chi connectivity index (χ1v) is 9.67. The summed E-state index contributed by atoms with van der Waals surface area (Å²) in [5.41, 5.74) is 5.30. The number of benzene rings is 2. The van der Waals surface area contributed by atoms with Gasteiger partial charge in [0.2, 0.25) is 5.75 Å². The lowest BCUT2D eigenvalue weighted by Crippen LogP contribution is -2.14. The van der Waals surface area contributed by atoms with Crippen molar-refractivity contribution in [3.63, 3.8) is 0 Å². The number of methoxy groups -OCH3 is 3. The number of rotatable bonds is 8. The van der Waals surface area contributed by atoms with E-state index in [0.29, 0.717) is 35.4 Å². The molecule has 0 amide bonds. The third-order valence-electron chi connectivity index (χ3n) is 4.87. The summed E-state index contributed by atoms with van der Waals surface area (Å²) < 4.78 is 18.2. The van der Waals surface area contributed by atoms with Gasteiger partial charge in [0.1, 0.15) is 0 Å². The summed E-state index contributed by atoms with van der Waals surface area (Å²) in [7, 11) is 4.83. The molecular formula is C22H26ClN3O3. The number of ether oxygens (including phenoxy) is 3. The highest BCUT2D eigenvalue weighted by atomic mass is 35.5. The number of hydrogen-bond acceptors (Lipinski definition) is 5. The standard InChI is InChI=1S/C22H26ClN3O3/c1-14-19(15(2)26(25-14)18-8-6-17(23)7-9-18)13-24-12-16-10-20(27-3)22(29-5)21(11-16)28-4/h6-11,24H,12-13H2,1-5H3. The Morgan fingerprint density at radius 2 is 1.55 bits per heavy atom. The first-order valence-electron chi connectivity index (χ1n) is 9.29. The summed E-state index contributed by atoms with van der Waals surface area (Å²) in [5.74, 6) is 1.88. The number of nitrogens with one attached hydrogen (secondary N) is 1. The summed E-state index contributed by atoms with van der Waals surface area (Å²) in [6, 6.07) is 11.6. The van der Waals surface area contributed by atoms with Gasteiger partial charge in [-0.1, -0.05) is 11.6 Å². The largest absolute Gasteiger partial charge is 0.493 e. The molecule has 0 aliphatic carbocycles. The van der Waals surface area contributed by atoms with Gasteiger partial charge in [-0.3, -0.25) is 0 Å². The van der Waals surface area contributed by atoms with Crippen molar-refractivity contribution in [1.29, 1.82) is 0 Å². The third kappa shape index (κ3) is 4.49. The van der Waals surface area contributed by atoms with Crippen molar-refractivity contribution in [2.24, 2.45) is 0 Å². The van der Waals surface area contributed by atoms with Crippen LogP contribution in [0.25, 0.3) is 5.69 Å². The molecule has 29 heavy (non-hydrogen) atoms.